The number of likely N-dealkylation sites (tertiary alicyclic amines) is 1. The smallest absolute Gasteiger partial charge is 0.329 e. The van der Waals surface area contributed by atoms with E-state index in [4.69, 9.17) is 4.74 Å². The van der Waals surface area contributed by atoms with Crippen LogP contribution < -0.4 is 0 Å². The van der Waals surface area contributed by atoms with Crippen molar-refractivity contribution in [1.29, 1.82) is 0 Å². The van der Waals surface area contributed by atoms with E-state index >= 15 is 0 Å². The number of aliphatic hydroxyl groups is 1. The first-order valence-corrected chi connectivity index (χ1v) is 6.71. The fourth-order valence-corrected chi connectivity index (χ4v) is 2.26. The molecule has 0 aromatic heterocycles. The largest absolute Gasteiger partial charge is 0.459 e. The minimum atomic E-state index is -1.59. The first-order valence-electron chi connectivity index (χ1n) is 6.71. The second-order valence-electron chi connectivity index (χ2n) is 4.93. The summed E-state index contributed by atoms with van der Waals surface area (Å²) in [6.45, 7) is 1.26. The van der Waals surface area contributed by atoms with Gasteiger partial charge in [0.2, 0.25) is 5.91 Å². The molecule has 1 aromatic rings. The number of benzene rings is 1. The molecule has 0 saturated carbocycles. The van der Waals surface area contributed by atoms with Crippen LogP contribution in [0.2, 0.25) is 0 Å². The second kappa shape index (κ2) is 6.49. The van der Waals surface area contributed by atoms with Crippen LogP contribution in [-0.2, 0) is 25.7 Å². The molecule has 2 unspecified atom stereocenters. The molecule has 1 aromatic carbocycles. The summed E-state index contributed by atoms with van der Waals surface area (Å²) >= 11 is 0. The number of ether oxygens (including phenoxy) is 1. The van der Waals surface area contributed by atoms with Crippen molar-refractivity contribution >= 4 is 17.7 Å². The van der Waals surface area contributed by atoms with Crippen molar-refractivity contribution in [3.63, 3.8) is 0 Å². The Morgan fingerprint density at radius 2 is 2.05 bits per heavy atom. The lowest BCUT2D eigenvalue weighted by atomic mass is 10.2. The topological polar surface area (TPSA) is 83.9 Å². The summed E-state index contributed by atoms with van der Waals surface area (Å²) < 4.78 is 5.17. The van der Waals surface area contributed by atoms with Gasteiger partial charge in [-0.3, -0.25) is 14.5 Å². The zero-order valence-electron chi connectivity index (χ0n) is 11.7. The highest BCUT2D eigenvalue weighted by Crippen LogP contribution is 2.22. The normalized spacial score (nSPS) is 19.4. The van der Waals surface area contributed by atoms with Crippen LogP contribution in [0, 0.1) is 0 Å². The van der Waals surface area contributed by atoms with Crippen molar-refractivity contribution in [3.05, 3.63) is 35.9 Å². The molecule has 21 heavy (non-hydrogen) atoms. The first kappa shape index (κ1) is 15.2. The molecule has 1 amide bonds. The molecule has 1 fully saturated rings. The number of ketones is 1. The average molecular weight is 291 g/mol. The number of rotatable bonds is 5. The molecule has 1 heterocycles. The number of Topliss-reactive ketones (excluding diaryl/α,β-unsaturated/α-hetero) is 1. The number of hydrogen-bond acceptors (Lipinski definition) is 5. The standard InChI is InChI=1S/C15H17NO5/c1-10(17)14(19)16-12(7-8-13(16)18)15(20)21-9-11-5-3-2-4-6-11/h2-6,12,14,19H,7-9H2,1H3. The summed E-state index contributed by atoms with van der Waals surface area (Å²) in [7, 11) is 0. The van der Waals surface area contributed by atoms with Gasteiger partial charge in [-0.2, -0.15) is 0 Å². The molecule has 2 rings (SSSR count). The Bertz CT molecular complexity index is 542. The highest BCUT2D eigenvalue weighted by Gasteiger charge is 2.42. The highest BCUT2D eigenvalue weighted by atomic mass is 16.5. The number of esters is 1. The molecule has 1 N–H and O–H groups in total. The van der Waals surface area contributed by atoms with Gasteiger partial charge in [-0.1, -0.05) is 30.3 Å². The predicted octanol–water partition coefficient (Wildman–Crippen LogP) is 0.628. The Labute approximate surface area is 122 Å². The lowest BCUT2D eigenvalue weighted by Gasteiger charge is -2.26. The summed E-state index contributed by atoms with van der Waals surface area (Å²) in [6.07, 6.45) is -1.22. The molecule has 0 bridgehead atoms. The van der Waals surface area contributed by atoms with E-state index in [2.05, 4.69) is 0 Å². The van der Waals surface area contributed by atoms with Crippen LogP contribution in [0.4, 0.5) is 0 Å². The SMILES string of the molecule is CC(=O)C(O)N1C(=O)CCC1C(=O)OCc1ccccc1. The van der Waals surface area contributed by atoms with Crippen LogP contribution in [0.3, 0.4) is 0 Å². The van der Waals surface area contributed by atoms with Crippen molar-refractivity contribution in [2.24, 2.45) is 0 Å². The maximum absolute atomic E-state index is 12.1. The fourth-order valence-electron chi connectivity index (χ4n) is 2.26. The number of nitrogens with zero attached hydrogens (tertiary/aromatic N) is 1. The maximum Gasteiger partial charge on any atom is 0.329 e. The average Bonchev–Trinajstić information content (AvgIpc) is 2.86. The Morgan fingerprint density at radius 1 is 1.38 bits per heavy atom. The lowest BCUT2D eigenvalue weighted by molar-refractivity contribution is -0.162. The van der Waals surface area contributed by atoms with Gasteiger partial charge in [-0.05, 0) is 18.9 Å². The molecule has 1 aliphatic heterocycles. The van der Waals surface area contributed by atoms with E-state index in [0.29, 0.717) is 0 Å². The second-order valence-corrected chi connectivity index (χ2v) is 4.93. The third-order valence-corrected chi connectivity index (χ3v) is 3.38. The van der Waals surface area contributed by atoms with Gasteiger partial charge in [-0.25, -0.2) is 4.79 Å². The molecule has 0 spiro atoms. The zero-order valence-corrected chi connectivity index (χ0v) is 11.7. The van der Waals surface area contributed by atoms with Gasteiger partial charge >= 0.3 is 5.97 Å². The van der Waals surface area contributed by atoms with Crippen LogP contribution in [0.25, 0.3) is 0 Å². The summed E-state index contributed by atoms with van der Waals surface area (Å²) in [5.41, 5.74) is 0.828. The van der Waals surface area contributed by atoms with E-state index < -0.39 is 29.9 Å². The molecular formula is C15H17NO5. The van der Waals surface area contributed by atoms with E-state index in [1.54, 1.807) is 0 Å². The highest BCUT2D eigenvalue weighted by molar-refractivity contribution is 5.92. The number of amides is 1. The summed E-state index contributed by atoms with van der Waals surface area (Å²) in [5.74, 6) is -1.60. The van der Waals surface area contributed by atoms with E-state index in [1.807, 2.05) is 30.3 Å². The van der Waals surface area contributed by atoms with Crippen molar-refractivity contribution < 1.29 is 24.2 Å². The summed E-state index contributed by atoms with van der Waals surface area (Å²) in [6, 6.07) is 8.23. The van der Waals surface area contributed by atoms with Crippen LogP contribution in [-0.4, -0.2) is 39.9 Å². The van der Waals surface area contributed by atoms with Gasteiger partial charge in [-0.15, -0.1) is 0 Å². The molecular weight excluding hydrogens is 274 g/mol. The van der Waals surface area contributed by atoms with E-state index in [-0.39, 0.29) is 19.4 Å². The van der Waals surface area contributed by atoms with Crippen LogP contribution in [0.1, 0.15) is 25.3 Å². The van der Waals surface area contributed by atoms with Gasteiger partial charge in [0, 0.05) is 6.42 Å². The zero-order chi connectivity index (χ0) is 15.4. The molecule has 6 heteroatoms. The molecule has 6 nitrogen and oxygen atoms in total. The quantitative estimate of drug-likeness (QED) is 0.804. The Balaban J connectivity index is 2.00. The molecule has 112 valence electrons. The third-order valence-electron chi connectivity index (χ3n) is 3.38. The minimum Gasteiger partial charge on any atom is -0.459 e. The Kier molecular flexibility index (Phi) is 4.70. The van der Waals surface area contributed by atoms with Crippen molar-refractivity contribution in [2.45, 2.75) is 38.6 Å². The van der Waals surface area contributed by atoms with Gasteiger partial charge in [0.05, 0.1) is 0 Å². The summed E-state index contributed by atoms with van der Waals surface area (Å²) in [4.78, 5) is 35.9. The van der Waals surface area contributed by atoms with Gasteiger partial charge in [0.15, 0.2) is 12.0 Å². The van der Waals surface area contributed by atoms with Crippen LogP contribution in [0.5, 0.6) is 0 Å². The predicted molar refractivity (Wildman–Crippen MR) is 72.8 cm³/mol. The van der Waals surface area contributed by atoms with Crippen molar-refractivity contribution in [1.82, 2.24) is 4.90 Å². The van der Waals surface area contributed by atoms with E-state index in [0.717, 1.165) is 10.5 Å². The van der Waals surface area contributed by atoms with Gasteiger partial charge < -0.3 is 9.84 Å². The van der Waals surface area contributed by atoms with Crippen LogP contribution in [0.15, 0.2) is 30.3 Å². The maximum atomic E-state index is 12.1. The third kappa shape index (κ3) is 3.46. The minimum absolute atomic E-state index is 0.0916. The van der Waals surface area contributed by atoms with Crippen molar-refractivity contribution in [3.8, 4) is 0 Å². The van der Waals surface area contributed by atoms with E-state index in [9.17, 15) is 19.5 Å². The number of carbonyl (C=O) groups excluding carboxylic acids is 3. The fraction of sp³-hybridized carbons (Fsp3) is 0.400. The first-order chi connectivity index (χ1) is 10.0. The number of carbonyl (C=O) groups is 3. The molecule has 0 aliphatic carbocycles. The summed E-state index contributed by atoms with van der Waals surface area (Å²) in [5, 5.41) is 9.75. The molecule has 1 saturated heterocycles. The van der Waals surface area contributed by atoms with Crippen LogP contribution >= 0.6 is 0 Å². The Hall–Kier alpha value is -2.21. The molecule has 2 atom stereocenters. The monoisotopic (exact) mass is 291 g/mol. The molecule has 1 aliphatic rings. The lowest BCUT2D eigenvalue weighted by Crippen LogP contribution is -2.49. The van der Waals surface area contributed by atoms with Crippen molar-refractivity contribution in [2.75, 3.05) is 0 Å². The van der Waals surface area contributed by atoms with Gasteiger partial charge in [0.1, 0.15) is 12.6 Å². The number of hydrogen-bond donors (Lipinski definition) is 1. The van der Waals surface area contributed by atoms with Gasteiger partial charge in [0.25, 0.3) is 0 Å². The Morgan fingerprint density at radius 3 is 2.67 bits per heavy atom. The molecule has 0 radical (unpaired) electrons. The number of aliphatic hydroxyl groups excluding tert-OH is 1. The van der Waals surface area contributed by atoms with E-state index in [1.165, 1.54) is 6.92 Å².